The van der Waals surface area contributed by atoms with Crippen LogP contribution in [0.5, 0.6) is 0 Å². The van der Waals surface area contributed by atoms with Gasteiger partial charge in [-0.2, -0.15) is 0 Å². The third-order valence-electron chi connectivity index (χ3n) is 3.23. The van der Waals surface area contributed by atoms with Gasteiger partial charge in [0.2, 0.25) is 5.91 Å². The van der Waals surface area contributed by atoms with E-state index in [1.807, 2.05) is 36.9 Å². The summed E-state index contributed by atoms with van der Waals surface area (Å²) in [4.78, 5) is 14.1. The molecule has 0 fully saturated rings. The van der Waals surface area contributed by atoms with E-state index in [9.17, 15) is 4.79 Å². The van der Waals surface area contributed by atoms with Crippen molar-refractivity contribution in [3.8, 4) is 0 Å². The van der Waals surface area contributed by atoms with Crippen molar-refractivity contribution in [2.45, 2.75) is 26.7 Å². The minimum Gasteiger partial charge on any atom is -0.342 e. The normalized spacial score (nSPS) is 12.2. The van der Waals surface area contributed by atoms with Gasteiger partial charge in [-0.3, -0.25) is 4.79 Å². The number of rotatable bonds is 7. The summed E-state index contributed by atoms with van der Waals surface area (Å²) in [6, 6.07) is 10.3. The zero-order valence-electron chi connectivity index (χ0n) is 11.4. The molecule has 0 heterocycles. The molecule has 0 radical (unpaired) electrons. The molecule has 0 saturated carbocycles. The van der Waals surface area contributed by atoms with E-state index in [0.717, 1.165) is 25.9 Å². The van der Waals surface area contributed by atoms with Crippen LogP contribution in [0.15, 0.2) is 30.3 Å². The van der Waals surface area contributed by atoms with Gasteiger partial charge in [0.15, 0.2) is 0 Å². The molecule has 2 N–H and O–H groups in total. The third kappa shape index (κ3) is 4.49. The number of likely N-dealkylation sites (N-methyl/N-ethyl adjacent to an activating group) is 1. The van der Waals surface area contributed by atoms with E-state index in [0.29, 0.717) is 6.54 Å². The highest BCUT2D eigenvalue weighted by molar-refractivity contribution is 5.78. The Bertz CT molecular complexity index is 351. The summed E-state index contributed by atoms with van der Waals surface area (Å²) in [6.07, 6.45) is 1.68. The summed E-state index contributed by atoms with van der Waals surface area (Å²) in [6.45, 7) is 6.11. The highest BCUT2D eigenvalue weighted by Gasteiger charge is 2.18. The minimum absolute atomic E-state index is 0.0331. The lowest BCUT2D eigenvalue weighted by molar-refractivity contribution is -0.134. The van der Waals surface area contributed by atoms with Gasteiger partial charge in [-0.25, -0.2) is 0 Å². The zero-order valence-corrected chi connectivity index (χ0v) is 11.4. The molecule has 3 heteroatoms. The second-order valence-corrected chi connectivity index (χ2v) is 4.63. The summed E-state index contributed by atoms with van der Waals surface area (Å²) >= 11 is 0. The van der Waals surface area contributed by atoms with Crippen LogP contribution >= 0.6 is 0 Å². The lowest BCUT2D eigenvalue weighted by atomic mass is 10.1. The average molecular weight is 248 g/mol. The lowest BCUT2D eigenvalue weighted by Gasteiger charge is -2.24. The Labute approximate surface area is 110 Å². The molecular weight excluding hydrogens is 224 g/mol. The van der Waals surface area contributed by atoms with Crippen LogP contribution in [0.1, 0.15) is 25.8 Å². The molecule has 0 aliphatic rings. The van der Waals surface area contributed by atoms with Crippen molar-refractivity contribution in [3.05, 3.63) is 35.9 Å². The Balaban J connectivity index is 2.49. The number of carbonyl (C=O) groups is 1. The highest BCUT2D eigenvalue weighted by Crippen LogP contribution is 2.08. The zero-order chi connectivity index (χ0) is 13.4. The van der Waals surface area contributed by atoms with Gasteiger partial charge in [0.1, 0.15) is 0 Å². The van der Waals surface area contributed by atoms with Crippen LogP contribution < -0.4 is 5.73 Å². The molecule has 0 bridgehead atoms. The van der Waals surface area contributed by atoms with Crippen LogP contribution in [0.3, 0.4) is 0 Å². The number of benzene rings is 1. The molecule has 100 valence electrons. The molecule has 0 aliphatic heterocycles. The number of nitrogens with zero attached hydrogens (tertiary/aromatic N) is 1. The fraction of sp³-hybridized carbons (Fsp3) is 0.533. The molecule has 1 aromatic carbocycles. The van der Waals surface area contributed by atoms with E-state index in [4.69, 9.17) is 5.73 Å². The topological polar surface area (TPSA) is 46.3 Å². The van der Waals surface area contributed by atoms with Crippen molar-refractivity contribution >= 4 is 5.91 Å². The molecular formula is C15H24N2O. The van der Waals surface area contributed by atoms with Gasteiger partial charge in [-0.1, -0.05) is 37.3 Å². The molecule has 3 nitrogen and oxygen atoms in total. The van der Waals surface area contributed by atoms with Crippen LogP contribution in [0, 0.1) is 5.92 Å². The molecule has 1 aromatic rings. The molecule has 0 aliphatic carbocycles. The van der Waals surface area contributed by atoms with Crippen molar-refractivity contribution in [1.29, 1.82) is 0 Å². The molecule has 1 rings (SSSR count). The van der Waals surface area contributed by atoms with Crippen LogP contribution in [0.2, 0.25) is 0 Å². The largest absolute Gasteiger partial charge is 0.342 e. The SMILES string of the molecule is CCN(CCc1ccccc1)C(=O)C(C)CCN. The predicted molar refractivity (Wildman–Crippen MR) is 75.2 cm³/mol. The van der Waals surface area contributed by atoms with Crippen LogP contribution in [-0.4, -0.2) is 30.4 Å². The maximum atomic E-state index is 12.2. The van der Waals surface area contributed by atoms with Crippen LogP contribution in [0.4, 0.5) is 0 Å². The van der Waals surface area contributed by atoms with E-state index in [-0.39, 0.29) is 11.8 Å². The summed E-state index contributed by atoms with van der Waals surface area (Å²) in [7, 11) is 0. The van der Waals surface area contributed by atoms with Gasteiger partial charge in [0.05, 0.1) is 0 Å². The Morgan fingerprint density at radius 2 is 2.00 bits per heavy atom. The van der Waals surface area contributed by atoms with Crippen molar-refractivity contribution in [3.63, 3.8) is 0 Å². The van der Waals surface area contributed by atoms with E-state index in [2.05, 4.69) is 12.1 Å². The van der Waals surface area contributed by atoms with Crippen LogP contribution in [-0.2, 0) is 11.2 Å². The van der Waals surface area contributed by atoms with E-state index in [1.165, 1.54) is 5.56 Å². The Hall–Kier alpha value is -1.35. The summed E-state index contributed by atoms with van der Waals surface area (Å²) < 4.78 is 0. The van der Waals surface area contributed by atoms with Gasteiger partial charge in [-0.05, 0) is 31.9 Å². The first-order valence-electron chi connectivity index (χ1n) is 6.71. The van der Waals surface area contributed by atoms with Crippen molar-refractivity contribution < 1.29 is 4.79 Å². The first-order chi connectivity index (χ1) is 8.69. The van der Waals surface area contributed by atoms with Crippen LogP contribution in [0.25, 0.3) is 0 Å². The Morgan fingerprint density at radius 3 is 2.56 bits per heavy atom. The van der Waals surface area contributed by atoms with Gasteiger partial charge in [-0.15, -0.1) is 0 Å². The van der Waals surface area contributed by atoms with Crippen molar-refractivity contribution in [1.82, 2.24) is 4.90 Å². The fourth-order valence-corrected chi connectivity index (χ4v) is 2.02. The molecule has 0 aromatic heterocycles. The highest BCUT2D eigenvalue weighted by atomic mass is 16.2. The molecule has 1 unspecified atom stereocenters. The maximum absolute atomic E-state index is 12.2. The smallest absolute Gasteiger partial charge is 0.225 e. The average Bonchev–Trinajstić information content (AvgIpc) is 2.40. The van der Waals surface area contributed by atoms with Gasteiger partial charge in [0, 0.05) is 19.0 Å². The standard InChI is InChI=1S/C15H24N2O/c1-3-17(15(18)13(2)9-11-16)12-10-14-7-5-4-6-8-14/h4-8,13H,3,9-12,16H2,1-2H3. The molecule has 1 amide bonds. The number of carbonyl (C=O) groups excluding carboxylic acids is 1. The second kappa shape index (κ2) is 7.88. The Morgan fingerprint density at radius 1 is 1.33 bits per heavy atom. The van der Waals surface area contributed by atoms with E-state index < -0.39 is 0 Å². The van der Waals surface area contributed by atoms with Gasteiger partial charge in [0.25, 0.3) is 0 Å². The Kier molecular flexibility index (Phi) is 6.44. The lowest BCUT2D eigenvalue weighted by Crippen LogP contribution is -2.37. The fourth-order valence-electron chi connectivity index (χ4n) is 2.02. The van der Waals surface area contributed by atoms with Gasteiger partial charge < -0.3 is 10.6 Å². The summed E-state index contributed by atoms with van der Waals surface area (Å²) in [5, 5.41) is 0. The number of hydrogen-bond donors (Lipinski definition) is 1. The minimum atomic E-state index is 0.0331. The maximum Gasteiger partial charge on any atom is 0.225 e. The second-order valence-electron chi connectivity index (χ2n) is 4.63. The first-order valence-corrected chi connectivity index (χ1v) is 6.71. The van der Waals surface area contributed by atoms with Gasteiger partial charge >= 0.3 is 0 Å². The molecule has 0 spiro atoms. The predicted octanol–water partition coefficient (Wildman–Crippen LogP) is 2.06. The molecule has 0 saturated heterocycles. The van der Waals surface area contributed by atoms with Crippen molar-refractivity contribution in [2.24, 2.45) is 11.7 Å². The molecule has 1 atom stereocenters. The number of nitrogens with two attached hydrogens (primary N) is 1. The number of amides is 1. The summed E-state index contributed by atoms with van der Waals surface area (Å²) in [5.41, 5.74) is 6.78. The first kappa shape index (κ1) is 14.7. The quantitative estimate of drug-likeness (QED) is 0.803. The monoisotopic (exact) mass is 248 g/mol. The third-order valence-corrected chi connectivity index (χ3v) is 3.23. The summed E-state index contributed by atoms with van der Waals surface area (Å²) in [5.74, 6) is 0.254. The number of hydrogen-bond acceptors (Lipinski definition) is 2. The molecule has 18 heavy (non-hydrogen) atoms. The van der Waals surface area contributed by atoms with E-state index in [1.54, 1.807) is 0 Å². The van der Waals surface area contributed by atoms with E-state index >= 15 is 0 Å². The van der Waals surface area contributed by atoms with Crippen molar-refractivity contribution in [2.75, 3.05) is 19.6 Å².